The molecule has 0 saturated carbocycles. The number of rotatable bonds is 8. The SMILES string of the molecule is O=C(CSc1nnc(-c2ccc(Cl)cc2)n1Cc1ccccc1)NC(=O)Cc1ccccc1. The van der Waals surface area contributed by atoms with Gasteiger partial charge in [-0.1, -0.05) is 84.0 Å². The molecule has 166 valence electrons. The van der Waals surface area contributed by atoms with Crippen molar-refractivity contribution >= 4 is 35.2 Å². The van der Waals surface area contributed by atoms with E-state index < -0.39 is 0 Å². The Morgan fingerprint density at radius 3 is 2.12 bits per heavy atom. The highest BCUT2D eigenvalue weighted by molar-refractivity contribution is 7.99. The Morgan fingerprint density at radius 1 is 0.818 bits per heavy atom. The Hall–Kier alpha value is -3.42. The number of thioether (sulfide) groups is 1. The minimum Gasteiger partial charge on any atom is -0.298 e. The van der Waals surface area contributed by atoms with Gasteiger partial charge in [-0.3, -0.25) is 19.5 Å². The van der Waals surface area contributed by atoms with Crippen molar-refractivity contribution in [3.63, 3.8) is 0 Å². The summed E-state index contributed by atoms with van der Waals surface area (Å²) >= 11 is 7.27. The number of amides is 2. The van der Waals surface area contributed by atoms with E-state index >= 15 is 0 Å². The monoisotopic (exact) mass is 476 g/mol. The normalized spacial score (nSPS) is 10.7. The zero-order chi connectivity index (χ0) is 23.0. The summed E-state index contributed by atoms with van der Waals surface area (Å²) in [5.74, 6) is 0.0230. The summed E-state index contributed by atoms with van der Waals surface area (Å²) in [7, 11) is 0. The first-order chi connectivity index (χ1) is 16.1. The van der Waals surface area contributed by atoms with Gasteiger partial charge >= 0.3 is 0 Å². The second kappa shape index (κ2) is 10.9. The zero-order valence-corrected chi connectivity index (χ0v) is 19.2. The Kier molecular flexibility index (Phi) is 7.55. The molecule has 0 bridgehead atoms. The number of carbonyl (C=O) groups is 2. The fourth-order valence-electron chi connectivity index (χ4n) is 3.26. The van der Waals surface area contributed by atoms with E-state index in [0.717, 1.165) is 16.7 Å². The molecule has 1 heterocycles. The highest BCUT2D eigenvalue weighted by atomic mass is 35.5. The molecule has 0 atom stereocenters. The first-order valence-electron chi connectivity index (χ1n) is 10.3. The number of benzene rings is 3. The summed E-state index contributed by atoms with van der Waals surface area (Å²) in [5, 5.41) is 12.3. The Labute approximate surface area is 201 Å². The Bertz CT molecular complexity index is 1230. The van der Waals surface area contributed by atoms with Gasteiger partial charge in [0.15, 0.2) is 11.0 Å². The van der Waals surface area contributed by atoms with Crippen LogP contribution in [0, 0.1) is 0 Å². The molecule has 1 aromatic heterocycles. The highest BCUT2D eigenvalue weighted by Gasteiger charge is 2.17. The first kappa shape index (κ1) is 22.8. The second-order valence-corrected chi connectivity index (χ2v) is 8.69. The minimum atomic E-state index is -0.372. The fraction of sp³-hybridized carbons (Fsp3) is 0.120. The molecule has 0 aliphatic carbocycles. The lowest BCUT2D eigenvalue weighted by Gasteiger charge is -2.11. The van der Waals surface area contributed by atoms with Crippen molar-refractivity contribution in [1.82, 2.24) is 20.1 Å². The maximum atomic E-state index is 12.4. The lowest BCUT2D eigenvalue weighted by atomic mass is 10.1. The van der Waals surface area contributed by atoms with E-state index in [4.69, 9.17) is 11.6 Å². The Morgan fingerprint density at radius 2 is 1.45 bits per heavy atom. The van der Waals surface area contributed by atoms with Crippen LogP contribution >= 0.6 is 23.4 Å². The molecule has 0 aliphatic heterocycles. The molecule has 4 aromatic rings. The molecular formula is C25H21ClN4O2S. The number of hydrogen-bond acceptors (Lipinski definition) is 5. The van der Waals surface area contributed by atoms with Crippen LogP contribution in [-0.2, 0) is 22.6 Å². The quantitative estimate of drug-likeness (QED) is 0.375. The van der Waals surface area contributed by atoms with Crippen molar-refractivity contribution in [3.05, 3.63) is 101 Å². The van der Waals surface area contributed by atoms with Crippen LogP contribution in [0.1, 0.15) is 11.1 Å². The molecular weight excluding hydrogens is 456 g/mol. The van der Waals surface area contributed by atoms with E-state index in [1.807, 2.05) is 77.4 Å². The van der Waals surface area contributed by atoms with E-state index in [9.17, 15) is 9.59 Å². The van der Waals surface area contributed by atoms with Crippen molar-refractivity contribution in [1.29, 1.82) is 0 Å². The average Bonchev–Trinajstić information content (AvgIpc) is 3.21. The van der Waals surface area contributed by atoms with Crippen molar-refractivity contribution in [2.75, 3.05) is 5.75 Å². The van der Waals surface area contributed by atoms with Gasteiger partial charge in [0.25, 0.3) is 0 Å². The largest absolute Gasteiger partial charge is 0.298 e. The molecule has 0 spiro atoms. The third kappa shape index (κ3) is 6.31. The lowest BCUT2D eigenvalue weighted by molar-refractivity contribution is -0.128. The summed E-state index contributed by atoms with van der Waals surface area (Å²) in [6, 6.07) is 26.6. The molecule has 3 aromatic carbocycles. The third-order valence-corrected chi connectivity index (χ3v) is 6.04. The number of carbonyl (C=O) groups excluding carboxylic acids is 2. The summed E-state index contributed by atoms with van der Waals surface area (Å²) in [4.78, 5) is 24.5. The van der Waals surface area contributed by atoms with E-state index in [-0.39, 0.29) is 24.0 Å². The molecule has 2 amide bonds. The second-order valence-electron chi connectivity index (χ2n) is 7.31. The number of hydrogen-bond donors (Lipinski definition) is 1. The minimum absolute atomic E-state index is 0.0497. The molecule has 33 heavy (non-hydrogen) atoms. The van der Waals surface area contributed by atoms with Crippen molar-refractivity contribution in [2.45, 2.75) is 18.1 Å². The van der Waals surface area contributed by atoms with Gasteiger partial charge in [-0.25, -0.2) is 0 Å². The molecule has 0 aliphatic rings. The van der Waals surface area contributed by atoms with Crippen molar-refractivity contribution in [2.24, 2.45) is 0 Å². The molecule has 6 nitrogen and oxygen atoms in total. The molecule has 0 saturated heterocycles. The molecule has 8 heteroatoms. The topological polar surface area (TPSA) is 76.9 Å². The smallest absolute Gasteiger partial charge is 0.237 e. The maximum absolute atomic E-state index is 12.4. The van der Waals surface area contributed by atoms with Crippen LogP contribution < -0.4 is 5.32 Å². The predicted octanol–water partition coefficient (Wildman–Crippen LogP) is 4.62. The highest BCUT2D eigenvalue weighted by Crippen LogP contribution is 2.26. The molecule has 0 unspecified atom stereocenters. The van der Waals surface area contributed by atoms with Crippen LogP contribution in [0.25, 0.3) is 11.4 Å². The predicted molar refractivity (Wildman–Crippen MR) is 130 cm³/mol. The Balaban J connectivity index is 1.46. The van der Waals surface area contributed by atoms with Gasteiger partial charge in [-0.15, -0.1) is 10.2 Å². The molecule has 0 fully saturated rings. The third-order valence-electron chi connectivity index (χ3n) is 4.82. The number of halogens is 1. The molecule has 4 rings (SSSR count). The van der Waals surface area contributed by atoms with E-state index in [2.05, 4.69) is 15.5 Å². The fourth-order valence-corrected chi connectivity index (χ4v) is 4.13. The zero-order valence-electron chi connectivity index (χ0n) is 17.6. The van der Waals surface area contributed by atoms with Crippen molar-refractivity contribution < 1.29 is 9.59 Å². The molecule has 1 N–H and O–H groups in total. The van der Waals surface area contributed by atoms with Gasteiger partial charge < -0.3 is 0 Å². The van der Waals surface area contributed by atoms with Crippen LogP contribution in [0.3, 0.4) is 0 Å². The van der Waals surface area contributed by atoms with E-state index in [0.29, 0.717) is 22.5 Å². The first-order valence-corrected chi connectivity index (χ1v) is 11.7. The van der Waals surface area contributed by atoms with Gasteiger partial charge in [0, 0.05) is 10.6 Å². The number of nitrogens with one attached hydrogen (secondary N) is 1. The van der Waals surface area contributed by atoms with Crippen LogP contribution in [0.4, 0.5) is 0 Å². The van der Waals surface area contributed by atoms with Crippen molar-refractivity contribution in [3.8, 4) is 11.4 Å². The van der Waals surface area contributed by atoms with E-state index in [1.165, 1.54) is 11.8 Å². The van der Waals surface area contributed by atoms with Gasteiger partial charge in [0.05, 0.1) is 18.7 Å². The van der Waals surface area contributed by atoms with Crippen LogP contribution in [-0.4, -0.2) is 32.3 Å². The summed E-state index contributed by atoms with van der Waals surface area (Å²) in [6.45, 7) is 0.544. The van der Waals surface area contributed by atoms with Gasteiger partial charge in [0.1, 0.15) is 0 Å². The van der Waals surface area contributed by atoms with Gasteiger partial charge in [-0.2, -0.15) is 0 Å². The van der Waals surface area contributed by atoms with Gasteiger partial charge in [-0.05, 0) is 35.4 Å². The maximum Gasteiger partial charge on any atom is 0.237 e. The number of aromatic nitrogens is 3. The molecule has 0 radical (unpaired) electrons. The standard InChI is InChI=1S/C25H21ClN4O2S/c26-21-13-11-20(12-14-21)24-28-29-25(30(24)16-19-9-5-2-6-10-19)33-17-23(32)27-22(31)15-18-7-3-1-4-8-18/h1-14H,15-17H2,(H,27,31,32). The van der Waals surface area contributed by atoms with E-state index in [1.54, 1.807) is 12.1 Å². The average molecular weight is 477 g/mol. The van der Waals surface area contributed by atoms with Crippen LogP contribution in [0.15, 0.2) is 90.1 Å². The number of nitrogens with zero attached hydrogens (tertiary/aromatic N) is 3. The van der Waals surface area contributed by atoms with Crippen LogP contribution in [0.2, 0.25) is 5.02 Å². The van der Waals surface area contributed by atoms with Gasteiger partial charge in [0.2, 0.25) is 11.8 Å². The lowest BCUT2D eigenvalue weighted by Crippen LogP contribution is -2.33. The number of imide groups is 1. The van der Waals surface area contributed by atoms with Crippen LogP contribution in [0.5, 0.6) is 0 Å². The summed E-state index contributed by atoms with van der Waals surface area (Å²) in [5.41, 5.74) is 2.81. The summed E-state index contributed by atoms with van der Waals surface area (Å²) in [6.07, 6.45) is 0.155. The summed E-state index contributed by atoms with van der Waals surface area (Å²) < 4.78 is 1.96.